The van der Waals surface area contributed by atoms with E-state index < -0.39 is 0 Å². The Morgan fingerprint density at radius 2 is 1.80 bits per heavy atom. The van der Waals surface area contributed by atoms with Gasteiger partial charge in [-0.15, -0.1) is 0 Å². The van der Waals surface area contributed by atoms with Crippen molar-refractivity contribution in [3.05, 3.63) is 0 Å². The van der Waals surface area contributed by atoms with E-state index in [0.717, 1.165) is 25.6 Å². The van der Waals surface area contributed by atoms with Crippen molar-refractivity contribution < 1.29 is 4.74 Å². The number of nitrogens with one attached hydrogen (secondary N) is 1. The second-order valence-electron chi connectivity index (χ2n) is 6.65. The molecular formula is C18H37NO. The van der Waals surface area contributed by atoms with Crippen molar-refractivity contribution in [2.24, 2.45) is 5.92 Å². The van der Waals surface area contributed by atoms with Crippen molar-refractivity contribution in [3.8, 4) is 0 Å². The molecule has 1 saturated carbocycles. The Hall–Kier alpha value is -0.0800. The van der Waals surface area contributed by atoms with Gasteiger partial charge in [0, 0.05) is 6.54 Å². The summed E-state index contributed by atoms with van der Waals surface area (Å²) in [4.78, 5) is 0. The first-order valence-electron chi connectivity index (χ1n) is 9.11. The molecule has 0 bridgehead atoms. The molecule has 0 aromatic heterocycles. The number of unbranched alkanes of at least 4 members (excludes halogenated alkanes) is 1. The summed E-state index contributed by atoms with van der Waals surface area (Å²) in [6.45, 7) is 9.99. The normalized spacial score (nSPS) is 19.9. The molecule has 20 heavy (non-hydrogen) atoms. The predicted molar refractivity (Wildman–Crippen MR) is 88.2 cm³/mol. The Labute approximate surface area is 127 Å². The van der Waals surface area contributed by atoms with Crippen LogP contribution in [-0.2, 0) is 4.74 Å². The molecule has 2 heteroatoms. The van der Waals surface area contributed by atoms with Crippen LogP contribution in [0, 0.1) is 5.92 Å². The molecule has 2 nitrogen and oxygen atoms in total. The van der Waals surface area contributed by atoms with Gasteiger partial charge in [-0.3, -0.25) is 0 Å². The molecule has 0 saturated heterocycles. The zero-order valence-electron chi connectivity index (χ0n) is 14.2. The molecule has 1 aliphatic carbocycles. The van der Waals surface area contributed by atoms with Gasteiger partial charge in [-0.25, -0.2) is 0 Å². The Morgan fingerprint density at radius 3 is 2.40 bits per heavy atom. The molecule has 0 radical (unpaired) electrons. The van der Waals surface area contributed by atoms with Crippen molar-refractivity contribution in [2.45, 2.75) is 90.6 Å². The average molecular weight is 284 g/mol. The lowest BCUT2D eigenvalue weighted by Crippen LogP contribution is -2.45. The van der Waals surface area contributed by atoms with Crippen LogP contribution in [0.5, 0.6) is 0 Å². The maximum absolute atomic E-state index is 6.50. The SMILES string of the molecule is CCCCC(CC)COC1(CNCCC)CCCCC1. The molecule has 0 aromatic carbocycles. The van der Waals surface area contributed by atoms with Crippen LogP contribution < -0.4 is 5.32 Å². The second-order valence-corrected chi connectivity index (χ2v) is 6.65. The zero-order chi connectivity index (χ0) is 14.7. The maximum atomic E-state index is 6.50. The van der Waals surface area contributed by atoms with Gasteiger partial charge in [0.1, 0.15) is 0 Å². The van der Waals surface area contributed by atoms with Crippen molar-refractivity contribution in [1.29, 1.82) is 0 Å². The van der Waals surface area contributed by atoms with E-state index in [-0.39, 0.29) is 5.60 Å². The summed E-state index contributed by atoms with van der Waals surface area (Å²) < 4.78 is 6.50. The van der Waals surface area contributed by atoms with E-state index in [9.17, 15) is 0 Å². The van der Waals surface area contributed by atoms with Crippen LogP contribution in [0.1, 0.15) is 85.0 Å². The molecule has 0 aromatic rings. The van der Waals surface area contributed by atoms with Crippen molar-refractivity contribution >= 4 is 0 Å². The number of ether oxygens (including phenoxy) is 1. The van der Waals surface area contributed by atoms with Gasteiger partial charge in [0.25, 0.3) is 0 Å². The summed E-state index contributed by atoms with van der Waals surface area (Å²) in [6, 6.07) is 0. The minimum Gasteiger partial charge on any atom is -0.373 e. The third kappa shape index (κ3) is 6.58. The lowest BCUT2D eigenvalue weighted by atomic mass is 9.84. The highest BCUT2D eigenvalue weighted by Crippen LogP contribution is 2.32. The van der Waals surface area contributed by atoms with Crippen LogP contribution in [0.15, 0.2) is 0 Å². The largest absolute Gasteiger partial charge is 0.373 e. The molecule has 1 fully saturated rings. The minimum absolute atomic E-state index is 0.146. The average Bonchev–Trinajstić information content (AvgIpc) is 2.49. The van der Waals surface area contributed by atoms with E-state index in [4.69, 9.17) is 4.74 Å². The molecular weight excluding hydrogens is 246 g/mol. The lowest BCUT2D eigenvalue weighted by Gasteiger charge is -2.38. The van der Waals surface area contributed by atoms with Gasteiger partial charge in [-0.2, -0.15) is 0 Å². The van der Waals surface area contributed by atoms with Gasteiger partial charge in [-0.05, 0) is 38.1 Å². The van der Waals surface area contributed by atoms with Gasteiger partial charge in [0.05, 0.1) is 12.2 Å². The molecule has 0 amide bonds. The molecule has 0 aliphatic heterocycles. The van der Waals surface area contributed by atoms with Crippen LogP contribution in [0.4, 0.5) is 0 Å². The molecule has 1 rings (SSSR count). The predicted octanol–water partition coefficient (Wildman–Crippen LogP) is 4.92. The summed E-state index contributed by atoms with van der Waals surface area (Å²) in [5, 5.41) is 3.61. The fraction of sp³-hybridized carbons (Fsp3) is 1.00. The molecule has 1 unspecified atom stereocenters. The van der Waals surface area contributed by atoms with E-state index in [1.807, 2.05) is 0 Å². The van der Waals surface area contributed by atoms with Crippen molar-refractivity contribution in [1.82, 2.24) is 5.32 Å². The van der Waals surface area contributed by atoms with Gasteiger partial charge in [0.2, 0.25) is 0 Å². The van der Waals surface area contributed by atoms with E-state index in [1.54, 1.807) is 0 Å². The highest BCUT2D eigenvalue weighted by Gasteiger charge is 2.33. The minimum atomic E-state index is 0.146. The monoisotopic (exact) mass is 283 g/mol. The Morgan fingerprint density at radius 1 is 1.05 bits per heavy atom. The van der Waals surface area contributed by atoms with Crippen LogP contribution in [0.3, 0.4) is 0 Å². The van der Waals surface area contributed by atoms with Gasteiger partial charge >= 0.3 is 0 Å². The van der Waals surface area contributed by atoms with Crippen LogP contribution in [-0.4, -0.2) is 25.3 Å². The molecule has 0 spiro atoms. The fourth-order valence-electron chi connectivity index (χ4n) is 3.25. The zero-order valence-corrected chi connectivity index (χ0v) is 14.2. The van der Waals surface area contributed by atoms with Crippen LogP contribution >= 0.6 is 0 Å². The number of hydrogen-bond acceptors (Lipinski definition) is 2. The molecule has 1 atom stereocenters. The summed E-state index contributed by atoms with van der Waals surface area (Å²) in [5.41, 5.74) is 0.146. The summed E-state index contributed by atoms with van der Waals surface area (Å²) in [6.07, 6.45) is 13.1. The standard InChI is InChI=1S/C18H37NO/c1-4-7-11-17(6-3)15-20-18(16-19-14-5-2)12-9-8-10-13-18/h17,19H,4-16H2,1-3H3. The van der Waals surface area contributed by atoms with Crippen LogP contribution in [0.25, 0.3) is 0 Å². The summed E-state index contributed by atoms with van der Waals surface area (Å²) >= 11 is 0. The number of rotatable bonds is 11. The first-order valence-corrected chi connectivity index (χ1v) is 9.11. The first-order chi connectivity index (χ1) is 9.76. The second kappa shape index (κ2) is 10.6. The lowest BCUT2D eigenvalue weighted by molar-refractivity contribution is -0.0828. The smallest absolute Gasteiger partial charge is 0.0806 e. The summed E-state index contributed by atoms with van der Waals surface area (Å²) in [7, 11) is 0. The molecule has 1 aliphatic rings. The van der Waals surface area contributed by atoms with Gasteiger partial charge in [0.15, 0.2) is 0 Å². The Bertz CT molecular complexity index is 223. The third-order valence-electron chi connectivity index (χ3n) is 4.81. The van der Waals surface area contributed by atoms with Gasteiger partial charge in [-0.1, -0.05) is 59.3 Å². The maximum Gasteiger partial charge on any atom is 0.0806 e. The fourth-order valence-corrected chi connectivity index (χ4v) is 3.25. The molecule has 1 N–H and O–H groups in total. The topological polar surface area (TPSA) is 21.3 Å². The highest BCUT2D eigenvalue weighted by atomic mass is 16.5. The third-order valence-corrected chi connectivity index (χ3v) is 4.81. The Kier molecular flexibility index (Phi) is 9.54. The van der Waals surface area contributed by atoms with E-state index in [0.29, 0.717) is 0 Å². The molecule has 0 heterocycles. The van der Waals surface area contributed by atoms with Crippen molar-refractivity contribution in [3.63, 3.8) is 0 Å². The van der Waals surface area contributed by atoms with Crippen LogP contribution in [0.2, 0.25) is 0 Å². The number of hydrogen-bond donors (Lipinski definition) is 1. The first kappa shape index (κ1) is 18.0. The van der Waals surface area contributed by atoms with Crippen molar-refractivity contribution in [2.75, 3.05) is 19.7 Å². The van der Waals surface area contributed by atoms with Gasteiger partial charge < -0.3 is 10.1 Å². The van der Waals surface area contributed by atoms with E-state index in [2.05, 4.69) is 26.1 Å². The van der Waals surface area contributed by atoms with E-state index >= 15 is 0 Å². The van der Waals surface area contributed by atoms with E-state index in [1.165, 1.54) is 64.2 Å². The molecule has 120 valence electrons. The summed E-state index contributed by atoms with van der Waals surface area (Å²) in [5.74, 6) is 0.764. The quantitative estimate of drug-likeness (QED) is 0.543. The highest BCUT2D eigenvalue weighted by molar-refractivity contribution is 4.87. The Balaban J connectivity index is 2.42.